The van der Waals surface area contributed by atoms with Crippen LogP contribution in [0.1, 0.15) is 54.4 Å². The summed E-state index contributed by atoms with van der Waals surface area (Å²) in [5, 5.41) is 10.3. The third-order valence-electron chi connectivity index (χ3n) is 12.2. The van der Waals surface area contributed by atoms with Crippen molar-refractivity contribution in [2.75, 3.05) is 0 Å². The van der Waals surface area contributed by atoms with Gasteiger partial charge in [-0.1, -0.05) is 103 Å². The van der Waals surface area contributed by atoms with Gasteiger partial charge in [0.15, 0.2) is 17.5 Å². The molecule has 4 heteroatoms. The molecule has 4 nitrogen and oxygen atoms in total. The maximum absolute atomic E-state index is 10.3. The fourth-order valence-electron chi connectivity index (χ4n) is 10.4. The molecule has 1 heterocycles. The molecule has 0 saturated heterocycles. The molecule has 6 aromatic rings. The van der Waals surface area contributed by atoms with Gasteiger partial charge >= 0.3 is 0 Å². The van der Waals surface area contributed by atoms with E-state index >= 15 is 0 Å². The van der Waals surface area contributed by atoms with Crippen molar-refractivity contribution in [2.45, 2.75) is 44.4 Å². The summed E-state index contributed by atoms with van der Waals surface area (Å²) in [6.45, 7) is 2.10. The Labute approximate surface area is 287 Å². The molecule has 49 heavy (non-hydrogen) atoms. The van der Waals surface area contributed by atoms with Gasteiger partial charge < -0.3 is 0 Å². The third-order valence-corrected chi connectivity index (χ3v) is 12.2. The number of hydrogen-bond donors (Lipinski definition) is 0. The van der Waals surface area contributed by atoms with Crippen molar-refractivity contribution in [3.63, 3.8) is 0 Å². The summed E-state index contributed by atoms with van der Waals surface area (Å²) in [4.78, 5) is 15.5. The van der Waals surface area contributed by atoms with E-state index in [0.717, 1.165) is 50.8 Å². The zero-order valence-corrected chi connectivity index (χ0v) is 27.6. The maximum atomic E-state index is 10.3. The van der Waals surface area contributed by atoms with Gasteiger partial charge in [-0.05, 0) is 109 Å². The molecule has 5 aliphatic carbocycles. The molecule has 5 aliphatic rings. The molecule has 1 spiro atoms. The molecule has 4 bridgehead atoms. The number of aryl methyl sites for hydroxylation is 1. The first-order chi connectivity index (χ1) is 24.1. The Bertz CT molecular complexity index is 2290. The Morgan fingerprint density at radius 2 is 1.14 bits per heavy atom. The number of rotatable bonds is 4. The largest absolute Gasteiger partial charge is 0.208 e. The SMILES string of the molecule is Cc1ccc(-c2nc(-c3cccc(-c4ccccc4)c3)nc(-c3ccc4c(c3)C3(c5cccc(C#N)c5-4)C4CC5CC(C4)CC3C5)n2)cc1. The molecule has 1 aromatic heterocycles. The van der Waals surface area contributed by atoms with Crippen LogP contribution in [-0.4, -0.2) is 15.0 Å². The molecule has 0 aliphatic heterocycles. The lowest BCUT2D eigenvalue weighted by atomic mass is 9.43. The van der Waals surface area contributed by atoms with Gasteiger partial charge in [0.05, 0.1) is 11.6 Å². The minimum Gasteiger partial charge on any atom is -0.208 e. The molecule has 0 atom stereocenters. The summed E-state index contributed by atoms with van der Waals surface area (Å²) < 4.78 is 0. The number of fused-ring (bicyclic) bond motifs is 3. The Morgan fingerprint density at radius 1 is 0.551 bits per heavy atom. The molecule has 0 N–H and O–H groups in total. The van der Waals surface area contributed by atoms with Crippen LogP contribution in [0.4, 0.5) is 0 Å². The average Bonchev–Trinajstić information content (AvgIpc) is 3.44. The monoisotopic (exact) mass is 632 g/mol. The van der Waals surface area contributed by atoms with E-state index in [2.05, 4.69) is 116 Å². The van der Waals surface area contributed by atoms with Gasteiger partial charge in [-0.3, -0.25) is 0 Å². The second-order valence-corrected chi connectivity index (χ2v) is 14.9. The third kappa shape index (κ3) is 4.31. The van der Waals surface area contributed by atoms with E-state index in [4.69, 9.17) is 15.0 Å². The summed E-state index contributed by atoms with van der Waals surface area (Å²) in [5.74, 6) is 4.92. The maximum Gasteiger partial charge on any atom is 0.164 e. The van der Waals surface area contributed by atoms with E-state index in [1.165, 1.54) is 54.4 Å². The molecule has 0 amide bonds. The first kappa shape index (κ1) is 28.6. The Kier molecular flexibility index (Phi) is 6.31. The highest BCUT2D eigenvalue weighted by Gasteiger charge is 2.61. The highest BCUT2D eigenvalue weighted by molar-refractivity contribution is 5.87. The zero-order valence-electron chi connectivity index (χ0n) is 27.6. The summed E-state index contributed by atoms with van der Waals surface area (Å²) in [6, 6.07) is 43.2. The fraction of sp³-hybridized carbons (Fsp3) is 0.244. The van der Waals surface area contributed by atoms with E-state index in [0.29, 0.717) is 29.3 Å². The molecule has 0 unspecified atom stereocenters. The smallest absolute Gasteiger partial charge is 0.164 e. The molecule has 236 valence electrons. The van der Waals surface area contributed by atoms with E-state index < -0.39 is 0 Å². The van der Waals surface area contributed by atoms with Crippen LogP contribution >= 0.6 is 0 Å². The molecule has 4 saturated carbocycles. The van der Waals surface area contributed by atoms with Gasteiger partial charge in [0.25, 0.3) is 0 Å². The number of hydrogen-bond acceptors (Lipinski definition) is 4. The second kappa shape index (κ2) is 10.8. The number of nitriles is 1. The van der Waals surface area contributed by atoms with Crippen LogP contribution in [0.2, 0.25) is 0 Å². The van der Waals surface area contributed by atoms with E-state index in [-0.39, 0.29) is 5.41 Å². The van der Waals surface area contributed by atoms with Gasteiger partial charge in [-0.2, -0.15) is 5.26 Å². The fourth-order valence-corrected chi connectivity index (χ4v) is 10.4. The molecule has 11 rings (SSSR count). The quantitative estimate of drug-likeness (QED) is 0.194. The van der Waals surface area contributed by atoms with Crippen molar-refractivity contribution < 1.29 is 0 Å². The van der Waals surface area contributed by atoms with Crippen LogP contribution in [-0.2, 0) is 5.41 Å². The highest BCUT2D eigenvalue weighted by Crippen LogP contribution is 2.69. The van der Waals surface area contributed by atoms with Crippen LogP contribution in [0.3, 0.4) is 0 Å². The van der Waals surface area contributed by atoms with E-state index in [1.54, 1.807) is 0 Å². The first-order valence-corrected chi connectivity index (χ1v) is 17.8. The number of nitrogens with zero attached hydrogens (tertiary/aromatic N) is 4. The van der Waals surface area contributed by atoms with Gasteiger partial charge in [0, 0.05) is 27.7 Å². The van der Waals surface area contributed by atoms with Crippen molar-refractivity contribution in [1.29, 1.82) is 5.26 Å². The summed E-state index contributed by atoms with van der Waals surface area (Å²) in [6.07, 6.45) is 6.56. The highest BCUT2D eigenvalue weighted by atomic mass is 15.0. The Balaban J connectivity index is 1.17. The van der Waals surface area contributed by atoms with E-state index in [9.17, 15) is 5.26 Å². The molecular formula is C45H36N4. The van der Waals surface area contributed by atoms with Crippen molar-refractivity contribution in [2.24, 2.45) is 23.7 Å². The van der Waals surface area contributed by atoms with Gasteiger partial charge in [-0.15, -0.1) is 0 Å². The predicted octanol–water partition coefficient (Wildman–Crippen LogP) is 10.4. The van der Waals surface area contributed by atoms with Gasteiger partial charge in [0.1, 0.15) is 0 Å². The second-order valence-electron chi connectivity index (χ2n) is 14.9. The van der Waals surface area contributed by atoms with Gasteiger partial charge in [0.2, 0.25) is 0 Å². The van der Waals surface area contributed by atoms with Crippen LogP contribution in [0, 0.1) is 41.9 Å². The van der Waals surface area contributed by atoms with Crippen molar-refractivity contribution >= 4 is 0 Å². The van der Waals surface area contributed by atoms with Crippen LogP contribution < -0.4 is 0 Å². The minimum atomic E-state index is -0.0549. The van der Waals surface area contributed by atoms with Crippen molar-refractivity contribution in [1.82, 2.24) is 15.0 Å². The number of benzene rings is 5. The minimum absolute atomic E-state index is 0.0549. The normalized spacial score (nSPS) is 24.1. The molecular weight excluding hydrogens is 597 g/mol. The van der Waals surface area contributed by atoms with Gasteiger partial charge in [-0.25, -0.2) is 15.0 Å². The standard InChI is InChI=1S/C45H36N4/c1-27-13-15-31(16-14-27)42-47-43(33-10-5-9-32(24-33)30-7-3-2-4-8-30)49-44(48-42)34-17-18-38-40(25-34)45(39-12-6-11-35(26-46)41(38)39)36-20-28-19-29(22-36)23-37(45)21-28/h2-18,24-25,28-29,36-37H,19-23H2,1H3. The lowest BCUT2D eigenvalue weighted by Crippen LogP contribution is -2.55. The van der Waals surface area contributed by atoms with Crippen molar-refractivity contribution in [3.05, 3.63) is 138 Å². The summed E-state index contributed by atoms with van der Waals surface area (Å²) in [5.41, 5.74) is 12.3. The van der Waals surface area contributed by atoms with E-state index in [1.807, 2.05) is 12.1 Å². The van der Waals surface area contributed by atoms with Crippen molar-refractivity contribution in [3.8, 4) is 62.5 Å². The average molecular weight is 633 g/mol. The topological polar surface area (TPSA) is 62.5 Å². The molecule has 4 fully saturated rings. The summed E-state index contributed by atoms with van der Waals surface area (Å²) in [7, 11) is 0. The van der Waals surface area contributed by atoms with Crippen LogP contribution in [0.25, 0.3) is 56.4 Å². The lowest BCUT2D eigenvalue weighted by molar-refractivity contribution is -0.0399. The first-order valence-electron chi connectivity index (χ1n) is 17.8. The van der Waals surface area contributed by atoms with Crippen LogP contribution in [0.5, 0.6) is 0 Å². The Morgan fingerprint density at radius 3 is 1.84 bits per heavy atom. The summed E-state index contributed by atoms with van der Waals surface area (Å²) >= 11 is 0. The molecule has 5 aromatic carbocycles. The predicted molar refractivity (Wildman–Crippen MR) is 194 cm³/mol. The van der Waals surface area contributed by atoms with Crippen LogP contribution in [0.15, 0.2) is 115 Å². The molecule has 0 radical (unpaired) electrons. The lowest BCUT2D eigenvalue weighted by Gasteiger charge is -2.61. The zero-order chi connectivity index (χ0) is 32.7. The number of aromatic nitrogens is 3. The Hall–Kier alpha value is -5.40.